The van der Waals surface area contributed by atoms with E-state index in [0.29, 0.717) is 23.3 Å². The molecule has 6 heteroatoms. The number of hydrogen-bond acceptors (Lipinski definition) is 5. The summed E-state index contributed by atoms with van der Waals surface area (Å²) in [5.74, 6) is -1.30. The van der Waals surface area contributed by atoms with Crippen LogP contribution >= 0.6 is 0 Å². The van der Waals surface area contributed by atoms with Gasteiger partial charge >= 0.3 is 5.97 Å². The van der Waals surface area contributed by atoms with E-state index in [1.807, 2.05) is 42.5 Å². The number of carbonyl (C=O) groups excluding carboxylic acids is 3. The quantitative estimate of drug-likeness (QED) is 0.612. The first-order valence-corrected chi connectivity index (χ1v) is 9.34. The lowest BCUT2D eigenvalue weighted by Crippen LogP contribution is -2.34. The van der Waals surface area contributed by atoms with E-state index < -0.39 is 24.4 Å². The van der Waals surface area contributed by atoms with E-state index in [1.165, 1.54) is 19.2 Å². The van der Waals surface area contributed by atoms with Crippen LogP contribution in [0.2, 0.25) is 0 Å². The predicted molar refractivity (Wildman–Crippen MR) is 111 cm³/mol. The highest BCUT2D eigenvalue weighted by Gasteiger charge is 2.16. The molecule has 0 atom stereocenters. The van der Waals surface area contributed by atoms with Gasteiger partial charge in [0.2, 0.25) is 0 Å². The van der Waals surface area contributed by atoms with Crippen molar-refractivity contribution in [3.8, 4) is 5.75 Å². The third-order valence-corrected chi connectivity index (χ3v) is 4.41. The monoisotopic (exact) mass is 403 g/mol. The number of rotatable bonds is 7. The first-order valence-electron chi connectivity index (χ1n) is 9.34. The molecule has 30 heavy (non-hydrogen) atoms. The first kappa shape index (κ1) is 20.8. The van der Waals surface area contributed by atoms with Crippen LogP contribution in [-0.4, -0.2) is 31.5 Å². The number of carbonyl (C=O) groups is 3. The maximum absolute atomic E-state index is 12.5. The molecular weight excluding hydrogens is 382 g/mol. The normalized spacial score (nSPS) is 10.2. The molecule has 3 aromatic rings. The summed E-state index contributed by atoms with van der Waals surface area (Å²) in [5, 5.41) is 2.20. The summed E-state index contributed by atoms with van der Waals surface area (Å²) in [6.07, 6.45) is 0.564. The molecular formula is C24H21NO5. The summed E-state index contributed by atoms with van der Waals surface area (Å²) in [7, 11) is 1.52. The van der Waals surface area contributed by atoms with E-state index in [0.717, 1.165) is 11.1 Å². The minimum Gasteiger partial charge on any atom is -0.497 e. The van der Waals surface area contributed by atoms with Crippen molar-refractivity contribution in [3.63, 3.8) is 0 Å². The van der Waals surface area contributed by atoms with Crippen molar-refractivity contribution >= 4 is 17.8 Å². The number of imide groups is 1. The van der Waals surface area contributed by atoms with Gasteiger partial charge in [0, 0.05) is 5.56 Å². The van der Waals surface area contributed by atoms with Gasteiger partial charge in [0.1, 0.15) is 5.75 Å². The lowest BCUT2D eigenvalue weighted by molar-refractivity contribution is -0.123. The molecule has 0 aliphatic carbocycles. The van der Waals surface area contributed by atoms with Gasteiger partial charge < -0.3 is 9.47 Å². The summed E-state index contributed by atoms with van der Waals surface area (Å²) < 4.78 is 10.1. The number of benzene rings is 3. The second-order valence-electron chi connectivity index (χ2n) is 6.50. The Morgan fingerprint density at radius 3 is 2.20 bits per heavy atom. The molecule has 152 valence electrons. The Hall–Kier alpha value is -3.93. The Balaban J connectivity index is 1.57. The largest absolute Gasteiger partial charge is 0.497 e. The Morgan fingerprint density at radius 2 is 1.50 bits per heavy atom. The molecule has 1 N–H and O–H groups in total. The van der Waals surface area contributed by atoms with Gasteiger partial charge in [-0.15, -0.1) is 0 Å². The van der Waals surface area contributed by atoms with Crippen LogP contribution in [0.25, 0.3) is 0 Å². The molecule has 0 unspecified atom stereocenters. The summed E-state index contributed by atoms with van der Waals surface area (Å²) in [6, 6.07) is 23.1. The predicted octanol–water partition coefficient (Wildman–Crippen LogP) is 3.40. The molecule has 0 radical (unpaired) electrons. The maximum Gasteiger partial charge on any atom is 0.338 e. The second-order valence-corrected chi connectivity index (χ2v) is 6.50. The fourth-order valence-corrected chi connectivity index (χ4v) is 2.88. The molecule has 0 aliphatic rings. The minimum atomic E-state index is -0.704. The van der Waals surface area contributed by atoms with E-state index in [4.69, 9.17) is 9.47 Å². The Labute approximate surface area is 174 Å². The van der Waals surface area contributed by atoms with Crippen molar-refractivity contribution < 1.29 is 23.9 Å². The van der Waals surface area contributed by atoms with Gasteiger partial charge in [-0.2, -0.15) is 0 Å². The Morgan fingerprint density at radius 1 is 0.833 bits per heavy atom. The van der Waals surface area contributed by atoms with Crippen LogP contribution in [0.15, 0.2) is 78.9 Å². The Bertz CT molecular complexity index is 1030. The highest BCUT2D eigenvalue weighted by atomic mass is 16.5. The molecule has 0 heterocycles. The standard InChI is InChI=1S/C24H21NO5/c1-29-20-13-11-18(12-14-20)23(27)25-22(26)16-30-24(28)21-10-6-5-9-19(21)15-17-7-3-2-4-8-17/h2-14H,15-16H2,1H3,(H,25,26,27). The molecule has 2 amide bonds. The molecule has 3 rings (SSSR count). The van der Waals surface area contributed by atoms with E-state index >= 15 is 0 Å². The van der Waals surface area contributed by atoms with Gasteiger partial charge in [-0.05, 0) is 47.9 Å². The molecule has 3 aromatic carbocycles. The third-order valence-electron chi connectivity index (χ3n) is 4.41. The van der Waals surface area contributed by atoms with E-state index in [2.05, 4.69) is 5.32 Å². The SMILES string of the molecule is COc1ccc(C(=O)NC(=O)COC(=O)c2ccccc2Cc2ccccc2)cc1. The molecule has 0 bridgehead atoms. The number of ether oxygens (including phenoxy) is 2. The smallest absolute Gasteiger partial charge is 0.338 e. The van der Waals surface area contributed by atoms with Crippen LogP contribution in [0, 0.1) is 0 Å². The third kappa shape index (κ3) is 5.54. The van der Waals surface area contributed by atoms with Crippen molar-refractivity contribution in [2.75, 3.05) is 13.7 Å². The zero-order valence-corrected chi connectivity index (χ0v) is 16.5. The molecule has 0 spiro atoms. The van der Waals surface area contributed by atoms with Crippen molar-refractivity contribution in [1.82, 2.24) is 5.32 Å². The van der Waals surface area contributed by atoms with E-state index in [9.17, 15) is 14.4 Å². The molecule has 0 aromatic heterocycles. The molecule has 0 saturated heterocycles. The maximum atomic E-state index is 12.5. The van der Waals surface area contributed by atoms with Crippen LogP contribution in [-0.2, 0) is 16.0 Å². The van der Waals surface area contributed by atoms with E-state index in [1.54, 1.807) is 24.3 Å². The van der Waals surface area contributed by atoms with Crippen LogP contribution in [0.4, 0.5) is 0 Å². The lowest BCUT2D eigenvalue weighted by Gasteiger charge is -2.10. The second kappa shape index (κ2) is 10.0. The highest BCUT2D eigenvalue weighted by molar-refractivity contribution is 6.05. The van der Waals surface area contributed by atoms with Crippen molar-refractivity contribution in [2.24, 2.45) is 0 Å². The van der Waals surface area contributed by atoms with Crippen LogP contribution in [0.3, 0.4) is 0 Å². The fourth-order valence-electron chi connectivity index (χ4n) is 2.88. The Kier molecular flexibility index (Phi) is 6.95. The summed E-state index contributed by atoms with van der Waals surface area (Å²) in [4.78, 5) is 36.6. The fraction of sp³-hybridized carbons (Fsp3) is 0.125. The number of esters is 1. The van der Waals surface area contributed by atoms with Gasteiger partial charge in [0.15, 0.2) is 6.61 Å². The molecule has 0 fully saturated rings. The van der Waals surface area contributed by atoms with Gasteiger partial charge in [-0.3, -0.25) is 14.9 Å². The number of hydrogen-bond donors (Lipinski definition) is 1. The van der Waals surface area contributed by atoms with Crippen LogP contribution < -0.4 is 10.1 Å². The zero-order valence-electron chi connectivity index (χ0n) is 16.5. The molecule has 0 aliphatic heterocycles. The van der Waals surface area contributed by atoms with Crippen molar-refractivity contribution in [2.45, 2.75) is 6.42 Å². The summed E-state index contributed by atoms with van der Waals surface area (Å²) in [6.45, 7) is -0.555. The van der Waals surface area contributed by atoms with Gasteiger partial charge in [0.05, 0.1) is 12.7 Å². The molecule has 6 nitrogen and oxygen atoms in total. The number of methoxy groups -OCH3 is 1. The van der Waals surface area contributed by atoms with Gasteiger partial charge in [0.25, 0.3) is 11.8 Å². The van der Waals surface area contributed by atoms with Gasteiger partial charge in [-0.25, -0.2) is 4.79 Å². The summed E-state index contributed by atoms with van der Waals surface area (Å²) >= 11 is 0. The first-order chi connectivity index (χ1) is 14.6. The zero-order chi connectivity index (χ0) is 21.3. The molecule has 0 saturated carbocycles. The average molecular weight is 403 g/mol. The average Bonchev–Trinajstić information content (AvgIpc) is 2.78. The van der Waals surface area contributed by atoms with Crippen molar-refractivity contribution in [1.29, 1.82) is 0 Å². The van der Waals surface area contributed by atoms with Gasteiger partial charge in [-0.1, -0.05) is 48.5 Å². The topological polar surface area (TPSA) is 81.7 Å². The lowest BCUT2D eigenvalue weighted by atomic mass is 10.00. The number of nitrogens with one attached hydrogen (secondary N) is 1. The van der Waals surface area contributed by atoms with Crippen LogP contribution in [0.1, 0.15) is 31.8 Å². The van der Waals surface area contributed by atoms with E-state index in [-0.39, 0.29) is 0 Å². The number of amides is 2. The minimum absolute atomic E-state index is 0.295. The highest BCUT2D eigenvalue weighted by Crippen LogP contribution is 2.15. The summed E-state index contributed by atoms with van der Waals surface area (Å²) in [5.41, 5.74) is 2.53. The van der Waals surface area contributed by atoms with Crippen LogP contribution in [0.5, 0.6) is 5.75 Å². The van der Waals surface area contributed by atoms with Crippen molar-refractivity contribution in [3.05, 3.63) is 101 Å².